The van der Waals surface area contributed by atoms with E-state index in [1.54, 1.807) is 0 Å². The van der Waals surface area contributed by atoms with Crippen LogP contribution in [-0.2, 0) is 0 Å². The minimum Gasteiger partial charge on any atom is -0.309 e. The van der Waals surface area contributed by atoms with Crippen LogP contribution in [0.25, 0.3) is 122 Å². The second-order valence-electron chi connectivity index (χ2n) is 15.1. The fourth-order valence-corrected chi connectivity index (χ4v) is 12.2. The van der Waals surface area contributed by atoms with Gasteiger partial charge in [0.15, 0.2) is 0 Å². The molecule has 0 aliphatic heterocycles. The van der Waals surface area contributed by atoms with E-state index >= 15 is 0 Å². The van der Waals surface area contributed by atoms with Crippen LogP contribution in [0.15, 0.2) is 188 Å². The van der Waals surface area contributed by atoms with E-state index in [9.17, 15) is 0 Å². The van der Waals surface area contributed by atoms with Crippen LogP contribution in [0.5, 0.6) is 0 Å². The topological polar surface area (TPSA) is 4.93 Å². The van der Waals surface area contributed by atoms with Crippen molar-refractivity contribution in [2.45, 2.75) is 0 Å². The van der Waals surface area contributed by atoms with Gasteiger partial charge in [-0.15, -0.1) is 22.7 Å². The molecule has 0 atom stereocenters. The fraction of sp³-hybridized carbons (Fsp3) is 0. The lowest BCUT2D eigenvalue weighted by molar-refractivity contribution is 1.18. The molecule has 10 aromatic carbocycles. The van der Waals surface area contributed by atoms with Gasteiger partial charge in [-0.1, -0.05) is 133 Å². The summed E-state index contributed by atoms with van der Waals surface area (Å²) in [5.74, 6) is 0. The number of fused-ring (bicyclic) bond motifs is 14. The van der Waals surface area contributed by atoms with Crippen molar-refractivity contribution in [1.29, 1.82) is 0 Å². The lowest BCUT2D eigenvalue weighted by atomic mass is 9.84. The van der Waals surface area contributed by atoms with Crippen molar-refractivity contribution in [2.75, 3.05) is 0 Å². The van der Waals surface area contributed by atoms with Crippen LogP contribution in [0.1, 0.15) is 0 Å². The third kappa shape index (κ3) is 4.38. The lowest BCUT2D eigenvalue weighted by Crippen LogP contribution is -1.93. The summed E-state index contributed by atoms with van der Waals surface area (Å²) < 4.78 is 7.76. The molecule has 3 heterocycles. The maximum absolute atomic E-state index is 2.50. The van der Waals surface area contributed by atoms with E-state index < -0.39 is 0 Å². The van der Waals surface area contributed by atoms with Crippen LogP contribution in [0.3, 0.4) is 0 Å². The molecule has 0 N–H and O–H groups in total. The van der Waals surface area contributed by atoms with Gasteiger partial charge in [0.1, 0.15) is 0 Å². The van der Waals surface area contributed by atoms with Crippen molar-refractivity contribution in [2.24, 2.45) is 0 Å². The average Bonchev–Trinajstić information content (AvgIpc) is 3.95. The van der Waals surface area contributed by atoms with Crippen LogP contribution in [0.4, 0.5) is 0 Å². The molecule has 0 saturated carbocycles. The number of rotatable bonds is 3. The number of benzene rings is 10. The van der Waals surface area contributed by atoms with E-state index in [0.717, 1.165) is 0 Å². The predicted octanol–water partition coefficient (Wildman–Crippen LogP) is 16.3. The van der Waals surface area contributed by atoms with E-state index in [1.165, 1.54) is 122 Å². The molecule has 0 unspecified atom stereocenters. The molecule has 0 saturated heterocycles. The van der Waals surface area contributed by atoms with Gasteiger partial charge in [0.25, 0.3) is 0 Å². The molecule has 0 radical (unpaired) electrons. The standard InChI is InChI=1S/C54H31NS2/c1-2-14-34(15-3-1)55-44-23-11-8-16-35(44)42-30-32(26-28-45(42)55)49-36-17-4-6-19-38(36)51(39-20-7-5-18-37(39)49)43-31-33-27-29-48-52(40-21-9-12-24-46(40)56-48)50(33)53-41-22-10-13-25-47(41)57-54(43)53/h1-31H. The third-order valence-corrected chi connectivity index (χ3v) is 14.5. The predicted molar refractivity (Wildman–Crippen MR) is 250 cm³/mol. The molecule has 13 aromatic rings. The monoisotopic (exact) mass is 757 g/mol. The number of thiophene rings is 2. The van der Waals surface area contributed by atoms with Crippen LogP contribution < -0.4 is 0 Å². The van der Waals surface area contributed by atoms with Crippen molar-refractivity contribution in [3.8, 4) is 27.9 Å². The maximum atomic E-state index is 2.50. The van der Waals surface area contributed by atoms with Crippen molar-refractivity contribution >= 4 is 117 Å². The summed E-state index contributed by atoms with van der Waals surface area (Å²) in [6.45, 7) is 0. The smallest absolute Gasteiger partial charge is 0.0541 e. The Hall–Kier alpha value is -6.78. The van der Waals surface area contributed by atoms with Gasteiger partial charge in [0.05, 0.1) is 11.0 Å². The van der Waals surface area contributed by atoms with Crippen molar-refractivity contribution < 1.29 is 0 Å². The fourth-order valence-electron chi connectivity index (χ4n) is 9.83. The number of hydrogen-bond acceptors (Lipinski definition) is 2. The molecule has 57 heavy (non-hydrogen) atoms. The van der Waals surface area contributed by atoms with E-state index in [4.69, 9.17) is 0 Å². The van der Waals surface area contributed by atoms with E-state index in [0.29, 0.717) is 0 Å². The molecule has 264 valence electrons. The highest BCUT2D eigenvalue weighted by molar-refractivity contribution is 7.27. The first-order chi connectivity index (χ1) is 28.3. The Balaban J connectivity index is 1.15. The van der Waals surface area contributed by atoms with Crippen LogP contribution in [0, 0.1) is 0 Å². The second kappa shape index (κ2) is 11.9. The Labute approximate surface area is 335 Å². The molecule has 0 aliphatic carbocycles. The Bertz CT molecular complexity index is 3750. The zero-order valence-electron chi connectivity index (χ0n) is 30.7. The first-order valence-electron chi connectivity index (χ1n) is 19.5. The molecule has 0 aliphatic rings. The second-order valence-corrected chi connectivity index (χ2v) is 17.3. The van der Waals surface area contributed by atoms with Gasteiger partial charge in [-0.05, 0) is 98.2 Å². The highest BCUT2D eigenvalue weighted by Crippen LogP contribution is 2.52. The van der Waals surface area contributed by atoms with Crippen molar-refractivity contribution in [1.82, 2.24) is 4.57 Å². The molecule has 0 spiro atoms. The van der Waals surface area contributed by atoms with E-state index in [1.807, 2.05) is 22.7 Å². The summed E-state index contributed by atoms with van der Waals surface area (Å²) >= 11 is 3.84. The first kappa shape index (κ1) is 31.4. The van der Waals surface area contributed by atoms with Crippen molar-refractivity contribution in [3.05, 3.63) is 188 Å². The third-order valence-electron chi connectivity index (χ3n) is 12.1. The van der Waals surface area contributed by atoms with Gasteiger partial charge in [-0.25, -0.2) is 0 Å². The minimum atomic E-state index is 1.17. The number of aromatic nitrogens is 1. The summed E-state index contributed by atoms with van der Waals surface area (Å²) in [7, 11) is 0. The summed E-state index contributed by atoms with van der Waals surface area (Å²) in [6, 6.07) is 70.0. The summed E-state index contributed by atoms with van der Waals surface area (Å²) in [4.78, 5) is 0. The molecule has 0 fully saturated rings. The molecular formula is C54H31NS2. The largest absolute Gasteiger partial charge is 0.309 e. The summed E-state index contributed by atoms with van der Waals surface area (Å²) in [5, 5.41) is 15.7. The Morgan fingerprint density at radius 1 is 0.333 bits per heavy atom. The van der Waals surface area contributed by atoms with Gasteiger partial charge < -0.3 is 4.57 Å². The van der Waals surface area contributed by atoms with Gasteiger partial charge in [-0.2, -0.15) is 0 Å². The zero-order valence-corrected chi connectivity index (χ0v) is 32.3. The Morgan fingerprint density at radius 3 is 1.61 bits per heavy atom. The number of para-hydroxylation sites is 2. The lowest BCUT2D eigenvalue weighted by Gasteiger charge is -2.19. The first-order valence-corrected chi connectivity index (χ1v) is 21.1. The Kier molecular flexibility index (Phi) is 6.54. The molecular weight excluding hydrogens is 727 g/mol. The molecule has 3 heteroatoms. The van der Waals surface area contributed by atoms with E-state index in [2.05, 4.69) is 193 Å². The SMILES string of the molecule is c1ccc(-n2c3ccccc3c3cc(-c4c5ccccc5c(-c5cc6ccc7sc8ccccc8c7c6c6c5sc5ccccc56)c5ccccc45)ccc32)cc1. The number of nitrogens with zero attached hydrogens (tertiary/aromatic N) is 1. The molecule has 13 rings (SSSR count). The normalized spacial score (nSPS) is 12.2. The van der Waals surface area contributed by atoms with Gasteiger partial charge >= 0.3 is 0 Å². The highest BCUT2D eigenvalue weighted by atomic mass is 32.1. The van der Waals surface area contributed by atoms with Crippen LogP contribution in [0.2, 0.25) is 0 Å². The summed E-state index contributed by atoms with van der Waals surface area (Å²) in [5.41, 5.74) is 8.73. The van der Waals surface area contributed by atoms with Crippen LogP contribution in [-0.4, -0.2) is 4.57 Å². The summed E-state index contributed by atoms with van der Waals surface area (Å²) in [6.07, 6.45) is 0. The van der Waals surface area contributed by atoms with Crippen molar-refractivity contribution in [3.63, 3.8) is 0 Å². The Morgan fingerprint density at radius 2 is 0.895 bits per heavy atom. The van der Waals surface area contributed by atoms with Crippen LogP contribution >= 0.6 is 22.7 Å². The van der Waals surface area contributed by atoms with Gasteiger partial charge in [-0.3, -0.25) is 0 Å². The highest BCUT2D eigenvalue weighted by Gasteiger charge is 2.23. The van der Waals surface area contributed by atoms with Gasteiger partial charge in [0.2, 0.25) is 0 Å². The average molecular weight is 758 g/mol. The zero-order chi connectivity index (χ0) is 37.2. The number of hydrogen-bond donors (Lipinski definition) is 0. The minimum absolute atomic E-state index is 1.17. The maximum Gasteiger partial charge on any atom is 0.0541 e. The van der Waals surface area contributed by atoms with E-state index in [-0.39, 0.29) is 0 Å². The molecule has 1 nitrogen and oxygen atoms in total. The van der Waals surface area contributed by atoms with Gasteiger partial charge in [0, 0.05) is 67.8 Å². The molecule has 3 aromatic heterocycles. The molecule has 0 amide bonds. The quantitative estimate of drug-likeness (QED) is 0.158. The molecule has 0 bridgehead atoms.